The molecule has 0 unspecified atom stereocenters. The lowest BCUT2D eigenvalue weighted by atomic mass is 9.34. The quantitative estimate of drug-likeness (QED) is 0.402. The summed E-state index contributed by atoms with van der Waals surface area (Å²) in [6.45, 7) is 17.1. The Bertz CT molecular complexity index is 1290. The fraction of sp³-hybridized carbons (Fsp3) is 0.706. The van der Waals surface area contributed by atoms with Gasteiger partial charge < -0.3 is 20.0 Å². The molecular weight excluding hydrogens is 516 g/mol. The number of allylic oxidation sites excluding steroid dienone is 7. The van der Waals surface area contributed by atoms with Gasteiger partial charge in [0, 0.05) is 17.5 Å². The molecule has 224 valence electrons. The van der Waals surface area contributed by atoms with Crippen molar-refractivity contribution in [2.45, 2.75) is 86.5 Å². The SMILES string of the molecule is CC1=C(O)C(=O)C=C2C1=CC=C1[C@@]2(C)CC[C@@]2(C)[C@@H]3C[C@](C)(CNC(=O)ON4CCOCC4)CC[C@]3(C)CC[C@]12C. The van der Waals surface area contributed by atoms with Crippen molar-refractivity contribution < 1.29 is 24.3 Å². The molecule has 0 aromatic carbocycles. The van der Waals surface area contributed by atoms with E-state index in [1.165, 1.54) is 18.4 Å². The topological polar surface area (TPSA) is 88.1 Å². The van der Waals surface area contributed by atoms with Crippen molar-refractivity contribution in [1.82, 2.24) is 10.4 Å². The van der Waals surface area contributed by atoms with E-state index in [0.29, 0.717) is 44.3 Å². The third-order valence-corrected chi connectivity index (χ3v) is 12.8. The lowest BCUT2D eigenvalue weighted by Crippen LogP contribution is -2.62. The summed E-state index contributed by atoms with van der Waals surface area (Å²) in [5.41, 5.74) is 4.40. The van der Waals surface area contributed by atoms with E-state index in [4.69, 9.17) is 9.57 Å². The molecule has 0 aromatic heterocycles. The first-order valence-corrected chi connectivity index (χ1v) is 15.6. The van der Waals surface area contributed by atoms with Gasteiger partial charge in [-0.05, 0) is 96.7 Å². The van der Waals surface area contributed by atoms with E-state index in [-0.39, 0.29) is 44.7 Å². The number of hydrogen-bond donors (Lipinski definition) is 2. The zero-order valence-electron chi connectivity index (χ0n) is 25.8. The number of fused-ring (bicyclic) bond motifs is 7. The smallest absolute Gasteiger partial charge is 0.426 e. The first kappa shape index (κ1) is 28.7. The van der Waals surface area contributed by atoms with Crippen LogP contribution in [-0.2, 0) is 14.4 Å². The van der Waals surface area contributed by atoms with Crippen LogP contribution in [0.3, 0.4) is 0 Å². The summed E-state index contributed by atoms with van der Waals surface area (Å²) in [4.78, 5) is 31.0. The minimum Gasteiger partial charge on any atom is -0.504 e. The molecule has 41 heavy (non-hydrogen) atoms. The van der Waals surface area contributed by atoms with Crippen molar-refractivity contribution >= 4 is 11.9 Å². The summed E-state index contributed by atoms with van der Waals surface area (Å²) in [6, 6.07) is 0. The van der Waals surface area contributed by atoms with Gasteiger partial charge in [-0.2, -0.15) is 0 Å². The molecule has 6 aliphatic rings. The highest BCUT2D eigenvalue weighted by atomic mass is 16.7. The van der Waals surface area contributed by atoms with E-state index in [1.807, 2.05) is 6.92 Å². The zero-order valence-corrected chi connectivity index (χ0v) is 25.8. The van der Waals surface area contributed by atoms with Crippen molar-refractivity contribution in [1.29, 1.82) is 0 Å². The summed E-state index contributed by atoms with van der Waals surface area (Å²) in [5.74, 6) is 0.132. The molecule has 0 bridgehead atoms. The fourth-order valence-electron chi connectivity index (χ4n) is 9.76. The molecule has 5 aliphatic carbocycles. The normalized spacial score (nSPS) is 42.5. The molecule has 1 heterocycles. The minimum atomic E-state index is -0.366. The molecule has 0 aromatic rings. The van der Waals surface area contributed by atoms with Gasteiger partial charge in [-0.25, -0.2) is 4.79 Å². The standard InChI is InChI=1S/C34H48N2O5/c1-22-23-7-8-26-32(4,24(23)19-25(37)28(22)38)12-14-34(6)27-20-30(2,9-10-31(27,3)11-13-33(26,34)5)21-35-29(39)41-36-15-17-40-18-16-36/h7-8,19,27,38H,9-18,20-21H2,1-6H3,(H,35,39)/t27-,30-,31-,32+,33-,34+/m1/s1. The monoisotopic (exact) mass is 564 g/mol. The highest BCUT2D eigenvalue weighted by Crippen LogP contribution is 2.75. The Labute approximate surface area is 245 Å². The second kappa shape index (κ2) is 9.57. The van der Waals surface area contributed by atoms with Crippen LogP contribution in [0.25, 0.3) is 0 Å². The van der Waals surface area contributed by atoms with E-state index in [9.17, 15) is 14.7 Å². The Hall–Kier alpha value is -2.38. The molecule has 7 nitrogen and oxygen atoms in total. The molecule has 0 radical (unpaired) electrons. The number of aliphatic hydroxyl groups excluding tert-OH is 1. The van der Waals surface area contributed by atoms with E-state index >= 15 is 0 Å². The van der Waals surface area contributed by atoms with Crippen molar-refractivity contribution in [2.24, 2.45) is 33.0 Å². The minimum absolute atomic E-state index is 0.00197. The average Bonchev–Trinajstić information content (AvgIpc) is 2.94. The van der Waals surface area contributed by atoms with Crippen LogP contribution in [0.15, 0.2) is 46.3 Å². The number of carbonyl (C=O) groups excluding carboxylic acids is 2. The molecule has 1 saturated heterocycles. The molecule has 6 rings (SSSR count). The van der Waals surface area contributed by atoms with E-state index in [2.05, 4.69) is 52.1 Å². The Balaban J connectivity index is 1.27. The Kier molecular flexibility index (Phi) is 6.70. The van der Waals surface area contributed by atoms with E-state index in [0.717, 1.165) is 43.3 Å². The van der Waals surface area contributed by atoms with Gasteiger partial charge in [0.1, 0.15) is 0 Å². The third-order valence-electron chi connectivity index (χ3n) is 12.8. The highest BCUT2D eigenvalue weighted by Gasteiger charge is 2.66. The van der Waals surface area contributed by atoms with Gasteiger partial charge in [0.25, 0.3) is 0 Å². The second-order valence-electron chi connectivity index (χ2n) is 15.1. The molecule has 0 spiro atoms. The van der Waals surface area contributed by atoms with Crippen LogP contribution in [0.2, 0.25) is 0 Å². The molecule has 6 atom stereocenters. The van der Waals surface area contributed by atoms with Gasteiger partial charge in [-0.15, -0.1) is 5.06 Å². The Morgan fingerprint density at radius 2 is 1.76 bits per heavy atom. The maximum absolute atomic E-state index is 12.7. The van der Waals surface area contributed by atoms with Crippen molar-refractivity contribution in [2.75, 3.05) is 32.8 Å². The van der Waals surface area contributed by atoms with Crippen LogP contribution in [0.5, 0.6) is 0 Å². The van der Waals surface area contributed by atoms with Crippen LogP contribution in [0.1, 0.15) is 86.5 Å². The summed E-state index contributed by atoms with van der Waals surface area (Å²) >= 11 is 0. The number of rotatable bonds is 3. The molecule has 2 N–H and O–H groups in total. The number of nitrogens with zero attached hydrogens (tertiary/aromatic N) is 1. The summed E-state index contributed by atoms with van der Waals surface area (Å²) < 4.78 is 5.36. The summed E-state index contributed by atoms with van der Waals surface area (Å²) in [6.07, 6.45) is 13.6. The van der Waals surface area contributed by atoms with Gasteiger partial charge in [0.15, 0.2) is 5.76 Å². The van der Waals surface area contributed by atoms with Gasteiger partial charge in [0.05, 0.1) is 26.3 Å². The number of nitrogens with one attached hydrogen (secondary N) is 1. The van der Waals surface area contributed by atoms with Gasteiger partial charge >= 0.3 is 6.09 Å². The Morgan fingerprint density at radius 3 is 2.49 bits per heavy atom. The van der Waals surface area contributed by atoms with Crippen molar-refractivity contribution in [3.05, 3.63) is 46.3 Å². The number of ketones is 1. The molecule has 1 amide bonds. The van der Waals surface area contributed by atoms with E-state index in [1.54, 1.807) is 11.1 Å². The molecule has 4 fully saturated rings. The predicted octanol–water partition coefficient (Wildman–Crippen LogP) is 6.59. The highest BCUT2D eigenvalue weighted by molar-refractivity contribution is 6.06. The molecular formula is C34H48N2O5. The molecule has 7 heteroatoms. The Morgan fingerprint density at radius 1 is 1.05 bits per heavy atom. The van der Waals surface area contributed by atoms with Crippen LogP contribution >= 0.6 is 0 Å². The lowest BCUT2D eigenvalue weighted by Gasteiger charge is -2.70. The molecule has 1 aliphatic heterocycles. The number of hydrogen-bond acceptors (Lipinski definition) is 6. The number of ether oxygens (including phenoxy) is 1. The van der Waals surface area contributed by atoms with Crippen LogP contribution in [-0.4, -0.2) is 54.9 Å². The fourth-order valence-corrected chi connectivity index (χ4v) is 9.76. The van der Waals surface area contributed by atoms with Crippen LogP contribution < -0.4 is 5.32 Å². The van der Waals surface area contributed by atoms with Gasteiger partial charge in [-0.1, -0.05) is 52.3 Å². The van der Waals surface area contributed by atoms with Crippen molar-refractivity contribution in [3.63, 3.8) is 0 Å². The number of hydroxylamine groups is 2. The lowest BCUT2D eigenvalue weighted by molar-refractivity contribution is -0.162. The number of amides is 1. The maximum atomic E-state index is 12.7. The van der Waals surface area contributed by atoms with Crippen LogP contribution in [0, 0.1) is 33.0 Å². The maximum Gasteiger partial charge on any atom is 0.426 e. The van der Waals surface area contributed by atoms with Gasteiger partial charge in [-0.3, -0.25) is 4.79 Å². The summed E-state index contributed by atoms with van der Waals surface area (Å²) in [5, 5.41) is 15.2. The number of morpholine rings is 1. The largest absolute Gasteiger partial charge is 0.504 e. The van der Waals surface area contributed by atoms with E-state index < -0.39 is 0 Å². The predicted molar refractivity (Wildman–Crippen MR) is 158 cm³/mol. The van der Waals surface area contributed by atoms with Gasteiger partial charge in [0.2, 0.25) is 5.78 Å². The molecule has 3 saturated carbocycles. The zero-order chi connectivity index (χ0) is 29.4. The summed E-state index contributed by atoms with van der Waals surface area (Å²) in [7, 11) is 0. The average molecular weight is 565 g/mol. The number of aliphatic hydroxyl groups is 1. The number of carbonyl (C=O) groups is 2. The van der Waals surface area contributed by atoms with Crippen LogP contribution in [0.4, 0.5) is 4.79 Å². The first-order valence-electron chi connectivity index (χ1n) is 15.6. The second-order valence-corrected chi connectivity index (χ2v) is 15.1. The van der Waals surface area contributed by atoms with Crippen molar-refractivity contribution in [3.8, 4) is 0 Å². The third kappa shape index (κ3) is 4.28. The first-order chi connectivity index (χ1) is 19.2.